The minimum Gasteiger partial charge on any atom is -0.464 e. The average molecular weight is 244 g/mol. The molecule has 1 atom stereocenters. The molecular weight excluding hydrogens is 232 g/mol. The molecule has 0 amide bonds. The number of hydrogen-bond donors (Lipinski definition) is 0. The summed E-state index contributed by atoms with van der Waals surface area (Å²) in [4.78, 5) is 12.8. The summed E-state index contributed by atoms with van der Waals surface area (Å²) in [5.41, 5.74) is 2.06. The lowest BCUT2D eigenvalue weighted by Crippen LogP contribution is -2.17. The van der Waals surface area contributed by atoms with Crippen molar-refractivity contribution in [2.45, 2.75) is 19.4 Å². The van der Waals surface area contributed by atoms with Crippen molar-refractivity contribution >= 4 is 5.97 Å². The van der Waals surface area contributed by atoms with E-state index in [0.717, 1.165) is 5.56 Å². The van der Waals surface area contributed by atoms with Crippen molar-refractivity contribution < 1.29 is 9.53 Å². The van der Waals surface area contributed by atoms with E-state index in [1.54, 1.807) is 0 Å². The molecule has 0 N–H and O–H groups in total. The number of aromatic nitrogens is 4. The lowest BCUT2D eigenvalue weighted by Gasteiger charge is -2.01. The zero-order valence-electron chi connectivity index (χ0n) is 9.91. The number of hydrogen-bond acceptors (Lipinski definition) is 5. The van der Waals surface area contributed by atoms with Crippen LogP contribution in [0.1, 0.15) is 18.0 Å². The first-order valence-corrected chi connectivity index (χ1v) is 5.77. The van der Waals surface area contributed by atoms with Gasteiger partial charge in [0.25, 0.3) is 0 Å². The molecule has 3 rings (SSSR count). The molecule has 1 aromatic carbocycles. The fourth-order valence-corrected chi connectivity index (χ4v) is 1.87. The standard InChI is InChI=1S/C12H12N4O2/c1-8-2-4-9(5-3-8)11-13-15-16(14-11)10-6-7-18-12(10)17/h2-5,10H,6-7H2,1H3/t10-/m0/s1. The van der Waals surface area contributed by atoms with Crippen LogP contribution >= 0.6 is 0 Å². The maximum absolute atomic E-state index is 11.4. The van der Waals surface area contributed by atoms with E-state index in [4.69, 9.17) is 4.74 Å². The summed E-state index contributed by atoms with van der Waals surface area (Å²) in [5.74, 6) is 0.234. The van der Waals surface area contributed by atoms with Gasteiger partial charge in [-0.15, -0.1) is 15.0 Å². The first-order valence-electron chi connectivity index (χ1n) is 5.77. The van der Waals surface area contributed by atoms with Crippen molar-refractivity contribution in [1.29, 1.82) is 0 Å². The number of aryl methyl sites for hydroxylation is 1. The summed E-state index contributed by atoms with van der Waals surface area (Å²) in [6.07, 6.45) is 0.600. The predicted molar refractivity (Wildman–Crippen MR) is 62.6 cm³/mol. The van der Waals surface area contributed by atoms with E-state index in [-0.39, 0.29) is 5.97 Å². The molecule has 1 saturated heterocycles. The molecule has 0 bridgehead atoms. The number of cyclic esters (lactones) is 1. The fraction of sp³-hybridized carbons (Fsp3) is 0.333. The largest absolute Gasteiger partial charge is 0.464 e. The molecule has 0 spiro atoms. The van der Waals surface area contributed by atoms with Gasteiger partial charge in [-0.25, -0.2) is 4.79 Å². The first kappa shape index (κ1) is 10.9. The molecule has 0 saturated carbocycles. The van der Waals surface area contributed by atoms with Gasteiger partial charge in [-0.1, -0.05) is 29.8 Å². The lowest BCUT2D eigenvalue weighted by molar-refractivity contribution is -0.141. The van der Waals surface area contributed by atoms with E-state index < -0.39 is 6.04 Å². The van der Waals surface area contributed by atoms with Gasteiger partial charge in [0, 0.05) is 12.0 Å². The lowest BCUT2D eigenvalue weighted by atomic mass is 10.1. The van der Waals surface area contributed by atoms with Gasteiger partial charge in [0.15, 0.2) is 6.04 Å². The topological polar surface area (TPSA) is 69.9 Å². The molecule has 92 valence electrons. The number of carbonyl (C=O) groups is 1. The van der Waals surface area contributed by atoms with Gasteiger partial charge in [0.1, 0.15) is 0 Å². The van der Waals surface area contributed by atoms with E-state index in [1.165, 1.54) is 10.4 Å². The van der Waals surface area contributed by atoms with Gasteiger partial charge in [0.05, 0.1) is 6.61 Å². The zero-order valence-corrected chi connectivity index (χ0v) is 9.91. The number of nitrogens with zero attached hydrogens (tertiary/aromatic N) is 4. The average Bonchev–Trinajstić information content (AvgIpc) is 2.98. The Kier molecular flexibility index (Phi) is 2.55. The van der Waals surface area contributed by atoms with Crippen LogP contribution in [0, 0.1) is 6.92 Å². The van der Waals surface area contributed by atoms with E-state index >= 15 is 0 Å². The summed E-state index contributed by atoms with van der Waals surface area (Å²) in [6.45, 7) is 2.44. The predicted octanol–water partition coefficient (Wildman–Crippen LogP) is 1.14. The highest BCUT2D eigenvalue weighted by Gasteiger charge is 2.30. The van der Waals surface area contributed by atoms with E-state index in [2.05, 4.69) is 15.4 Å². The maximum Gasteiger partial charge on any atom is 0.333 e. The molecule has 1 fully saturated rings. The second-order valence-corrected chi connectivity index (χ2v) is 4.27. The molecule has 18 heavy (non-hydrogen) atoms. The Labute approximate surface area is 104 Å². The number of ether oxygens (including phenoxy) is 1. The number of rotatable bonds is 2. The highest BCUT2D eigenvalue weighted by atomic mass is 16.5. The third-order valence-corrected chi connectivity index (χ3v) is 2.92. The number of benzene rings is 1. The van der Waals surface area contributed by atoms with Crippen LogP contribution in [-0.4, -0.2) is 32.8 Å². The Balaban J connectivity index is 1.89. The van der Waals surface area contributed by atoms with Gasteiger partial charge in [-0.3, -0.25) is 0 Å². The smallest absolute Gasteiger partial charge is 0.333 e. The van der Waals surface area contributed by atoms with E-state index in [1.807, 2.05) is 31.2 Å². The summed E-state index contributed by atoms with van der Waals surface area (Å²) < 4.78 is 4.88. The molecule has 1 aromatic heterocycles. The van der Waals surface area contributed by atoms with Gasteiger partial charge in [0.2, 0.25) is 5.82 Å². The van der Waals surface area contributed by atoms with Crippen molar-refractivity contribution in [2.24, 2.45) is 0 Å². The molecule has 1 aliphatic rings. The Morgan fingerprint density at radius 1 is 1.33 bits per heavy atom. The third-order valence-electron chi connectivity index (χ3n) is 2.92. The molecule has 2 aromatic rings. The van der Waals surface area contributed by atoms with Crippen molar-refractivity contribution in [3.05, 3.63) is 29.8 Å². The summed E-state index contributed by atoms with van der Waals surface area (Å²) in [6, 6.07) is 7.41. The van der Waals surface area contributed by atoms with E-state index in [9.17, 15) is 4.79 Å². The van der Waals surface area contributed by atoms with Crippen LogP contribution in [-0.2, 0) is 9.53 Å². The molecular formula is C12H12N4O2. The number of carbonyl (C=O) groups excluding carboxylic acids is 1. The number of tetrazole rings is 1. The molecule has 2 heterocycles. The monoisotopic (exact) mass is 244 g/mol. The Bertz CT molecular complexity index is 576. The highest BCUT2D eigenvalue weighted by Crippen LogP contribution is 2.20. The van der Waals surface area contributed by atoms with Crippen molar-refractivity contribution in [3.63, 3.8) is 0 Å². The van der Waals surface area contributed by atoms with Crippen LogP contribution in [0.5, 0.6) is 0 Å². The summed E-state index contributed by atoms with van der Waals surface area (Å²) in [7, 11) is 0. The minimum atomic E-state index is -0.434. The third kappa shape index (κ3) is 1.85. The van der Waals surface area contributed by atoms with Crippen LogP contribution < -0.4 is 0 Å². The molecule has 6 heteroatoms. The van der Waals surface area contributed by atoms with Crippen LogP contribution in [0.2, 0.25) is 0 Å². The highest BCUT2D eigenvalue weighted by molar-refractivity contribution is 5.75. The van der Waals surface area contributed by atoms with Gasteiger partial charge >= 0.3 is 5.97 Å². The van der Waals surface area contributed by atoms with Crippen LogP contribution in [0.4, 0.5) is 0 Å². The van der Waals surface area contributed by atoms with Gasteiger partial charge in [-0.2, -0.15) is 0 Å². The van der Waals surface area contributed by atoms with E-state index in [0.29, 0.717) is 18.9 Å². The summed E-state index contributed by atoms with van der Waals surface area (Å²) in [5, 5.41) is 12.1. The number of esters is 1. The van der Waals surface area contributed by atoms with Crippen LogP contribution in [0.25, 0.3) is 11.4 Å². The molecule has 0 radical (unpaired) electrons. The Hall–Kier alpha value is -2.24. The molecule has 0 unspecified atom stereocenters. The normalized spacial score (nSPS) is 18.9. The quantitative estimate of drug-likeness (QED) is 0.741. The second-order valence-electron chi connectivity index (χ2n) is 4.27. The Morgan fingerprint density at radius 2 is 2.11 bits per heavy atom. The second kappa shape index (κ2) is 4.21. The minimum absolute atomic E-state index is 0.289. The van der Waals surface area contributed by atoms with Crippen LogP contribution in [0.3, 0.4) is 0 Å². The van der Waals surface area contributed by atoms with Gasteiger partial charge < -0.3 is 4.74 Å². The SMILES string of the molecule is Cc1ccc(-c2nnn([C@H]3CCOC3=O)n2)cc1. The fourth-order valence-electron chi connectivity index (χ4n) is 1.87. The van der Waals surface area contributed by atoms with Crippen LogP contribution in [0.15, 0.2) is 24.3 Å². The Morgan fingerprint density at radius 3 is 2.78 bits per heavy atom. The molecule has 0 aliphatic carbocycles. The summed E-state index contributed by atoms with van der Waals surface area (Å²) >= 11 is 0. The maximum atomic E-state index is 11.4. The molecule has 6 nitrogen and oxygen atoms in total. The molecule has 1 aliphatic heterocycles. The zero-order chi connectivity index (χ0) is 12.5. The first-order chi connectivity index (χ1) is 8.74. The van der Waals surface area contributed by atoms with Crippen molar-refractivity contribution in [1.82, 2.24) is 20.2 Å². The van der Waals surface area contributed by atoms with Gasteiger partial charge in [-0.05, 0) is 12.1 Å². The van der Waals surface area contributed by atoms with Crippen molar-refractivity contribution in [3.8, 4) is 11.4 Å². The van der Waals surface area contributed by atoms with Crippen molar-refractivity contribution in [2.75, 3.05) is 6.61 Å².